The van der Waals surface area contributed by atoms with Crippen LogP contribution in [0.4, 0.5) is 5.69 Å². The maximum atomic E-state index is 12.8. The van der Waals surface area contributed by atoms with E-state index in [1.54, 1.807) is 54.6 Å². The predicted molar refractivity (Wildman–Crippen MR) is 103 cm³/mol. The molecule has 0 spiro atoms. The maximum absolute atomic E-state index is 12.8. The summed E-state index contributed by atoms with van der Waals surface area (Å²) in [7, 11) is 0. The number of nitrogens with one attached hydrogen (secondary N) is 1. The van der Waals surface area contributed by atoms with Crippen molar-refractivity contribution in [2.75, 3.05) is 11.4 Å². The van der Waals surface area contributed by atoms with Crippen LogP contribution in [0.3, 0.4) is 0 Å². The lowest BCUT2D eigenvalue weighted by Gasteiger charge is -2.21. The number of hydrogen-bond donors (Lipinski definition) is 2. The number of carboxylic acids is 1. The van der Waals surface area contributed by atoms with Gasteiger partial charge in [-0.2, -0.15) is 0 Å². The zero-order chi connectivity index (χ0) is 20.0. The van der Waals surface area contributed by atoms with E-state index in [0.717, 1.165) is 5.56 Å². The van der Waals surface area contributed by atoms with E-state index < -0.39 is 23.8 Å². The fraction of sp³-hybridized carbons (Fsp3) is 0.286. The van der Waals surface area contributed by atoms with E-state index in [-0.39, 0.29) is 5.91 Å². The van der Waals surface area contributed by atoms with Gasteiger partial charge in [0.1, 0.15) is 6.54 Å². The minimum atomic E-state index is -1.09. The van der Waals surface area contributed by atoms with Crippen LogP contribution < -0.4 is 10.2 Å². The van der Waals surface area contributed by atoms with Crippen LogP contribution in [0.1, 0.15) is 36.7 Å². The first-order valence-corrected chi connectivity index (χ1v) is 8.64. The van der Waals surface area contributed by atoms with Crippen molar-refractivity contribution in [1.29, 1.82) is 0 Å². The van der Waals surface area contributed by atoms with E-state index in [1.165, 1.54) is 4.90 Å². The Balaban J connectivity index is 2.13. The van der Waals surface area contributed by atoms with Crippen molar-refractivity contribution >= 4 is 23.5 Å². The summed E-state index contributed by atoms with van der Waals surface area (Å²) in [5.41, 5.74) is 1.29. The minimum Gasteiger partial charge on any atom is -0.480 e. The lowest BCUT2D eigenvalue weighted by atomic mass is 9.95. The van der Waals surface area contributed by atoms with Gasteiger partial charge in [-0.3, -0.25) is 19.3 Å². The summed E-state index contributed by atoms with van der Waals surface area (Å²) in [4.78, 5) is 37.1. The van der Waals surface area contributed by atoms with Gasteiger partial charge in [0, 0.05) is 23.2 Å². The van der Waals surface area contributed by atoms with Gasteiger partial charge in [0.05, 0.1) is 0 Å². The van der Waals surface area contributed by atoms with Crippen LogP contribution in [0.2, 0.25) is 0 Å². The fourth-order valence-electron chi connectivity index (χ4n) is 2.39. The van der Waals surface area contributed by atoms with Crippen LogP contribution in [0.25, 0.3) is 0 Å². The second-order valence-electron chi connectivity index (χ2n) is 7.25. The third kappa shape index (κ3) is 5.67. The summed E-state index contributed by atoms with van der Waals surface area (Å²) >= 11 is 0. The van der Waals surface area contributed by atoms with Crippen molar-refractivity contribution in [3.8, 4) is 0 Å². The number of amides is 2. The van der Waals surface area contributed by atoms with Gasteiger partial charge in [0.25, 0.3) is 5.91 Å². The molecule has 2 amide bonds. The summed E-state index contributed by atoms with van der Waals surface area (Å²) in [6.45, 7) is 5.45. The molecule has 0 aromatic heterocycles. The molecule has 6 nitrogen and oxygen atoms in total. The van der Waals surface area contributed by atoms with Gasteiger partial charge in [0.2, 0.25) is 5.91 Å². The number of carboxylic acid groups (broad SMARTS) is 1. The Morgan fingerprint density at radius 1 is 0.963 bits per heavy atom. The number of anilines is 1. The largest absolute Gasteiger partial charge is 0.480 e. The molecule has 0 saturated carbocycles. The van der Waals surface area contributed by atoms with Gasteiger partial charge >= 0.3 is 5.97 Å². The molecular formula is C21H24N2O4. The van der Waals surface area contributed by atoms with E-state index in [0.29, 0.717) is 17.8 Å². The normalized spacial score (nSPS) is 10.9. The predicted octanol–water partition coefficient (Wildman–Crippen LogP) is 3.08. The Kier molecular flexibility index (Phi) is 6.34. The highest BCUT2D eigenvalue weighted by molar-refractivity contribution is 6.08. The maximum Gasteiger partial charge on any atom is 0.323 e. The Labute approximate surface area is 158 Å². The second kappa shape index (κ2) is 8.49. The Morgan fingerprint density at radius 3 is 2.07 bits per heavy atom. The SMILES string of the molecule is CC(C)(C)C(=O)NCc1ccc(C(=O)N(CC(=O)O)c2ccccc2)cc1. The van der Waals surface area contributed by atoms with Crippen molar-refractivity contribution in [1.82, 2.24) is 5.32 Å². The molecule has 0 atom stereocenters. The Morgan fingerprint density at radius 2 is 1.56 bits per heavy atom. The van der Waals surface area contributed by atoms with Crippen LogP contribution in [0.15, 0.2) is 54.6 Å². The van der Waals surface area contributed by atoms with E-state index in [4.69, 9.17) is 5.11 Å². The number of hydrogen-bond acceptors (Lipinski definition) is 3. The molecule has 2 aromatic rings. The van der Waals surface area contributed by atoms with Gasteiger partial charge in [-0.1, -0.05) is 51.1 Å². The minimum absolute atomic E-state index is 0.0561. The quantitative estimate of drug-likeness (QED) is 0.820. The molecule has 0 fully saturated rings. The highest BCUT2D eigenvalue weighted by Gasteiger charge is 2.21. The first-order chi connectivity index (χ1) is 12.7. The van der Waals surface area contributed by atoms with Crippen LogP contribution in [0, 0.1) is 5.41 Å². The molecule has 6 heteroatoms. The molecule has 0 heterocycles. The van der Waals surface area contributed by atoms with Crippen molar-refractivity contribution in [3.05, 3.63) is 65.7 Å². The molecule has 2 N–H and O–H groups in total. The van der Waals surface area contributed by atoms with Crippen molar-refractivity contribution in [2.45, 2.75) is 27.3 Å². The van der Waals surface area contributed by atoms with Gasteiger partial charge in [-0.25, -0.2) is 0 Å². The molecule has 0 aliphatic rings. The van der Waals surface area contributed by atoms with E-state index in [2.05, 4.69) is 5.32 Å². The standard InChI is InChI=1S/C21H24N2O4/c1-21(2,3)20(27)22-13-15-9-11-16(12-10-15)19(26)23(14-18(24)25)17-7-5-4-6-8-17/h4-12H,13-14H2,1-3H3,(H,22,27)(H,24,25). The van der Waals surface area contributed by atoms with Crippen LogP contribution in [0.5, 0.6) is 0 Å². The number of benzene rings is 2. The van der Waals surface area contributed by atoms with E-state index >= 15 is 0 Å². The third-order valence-electron chi connectivity index (χ3n) is 3.94. The van der Waals surface area contributed by atoms with Crippen LogP contribution in [-0.2, 0) is 16.1 Å². The first kappa shape index (κ1) is 20.2. The topological polar surface area (TPSA) is 86.7 Å². The number of carbonyl (C=O) groups is 3. The van der Waals surface area contributed by atoms with Crippen molar-refractivity contribution < 1.29 is 19.5 Å². The highest BCUT2D eigenvalue weighted by Crippen LogP contribution is 2.18. The number of para-hydroxylation sites is 1. The van der Waals surface area contributed by atoms with Crippen molar-refractivity contribution in [2.24, 2.45) is 5.41 Å². The van der Waals surface area contributed by atoms with Gasteiger partial charge in [-0.05, 0) is 29.8 Å². The summed E-state index contributed by atoms with van der Waals surface area (Å²) in [6, 6.07) is 15.5. The molecule has 27 heavy (non-hydrogen) atoms. The number of rotatable bonds is 6. The molecule has 2 aromatic carbocycles. The molecule has 142 valence electrons. The Hall–Kier alpha value is -3.15. The van der Waals surface area contributed by atoms with Gasteiger partial charge in [-0.15, -0.1) is 0 Å². The summed E-state index contributed by atoms with van der Waals surface area (Å²) in [6.07, 6.45) is 0. The molecule has 0 unspecified atom stereocenters. The lowest BCUT2D eigenvalue weighted by Crippen LogP contribution is -2.35. The lowest BCUT2D eigenvalue weighted by molar-refractivity contribution is -0.135. The average molecular weight is 368 g/mol. The summed E-state index contributed by atoms with van der Waals surface area (Å²) < 4.78 is 0. The third-order valence-corrected chi connectivity index (χ3v) is 3.94. The summed E-state index contributed by atoms with van der Waals surface area (Å²) in [5, 5.41) is 12.0. The zero-order valence-electron chi connectivity index (χ0n) is 15.7. The fourth-order valence-corrected chi connectivity index (χ4v) is 2.39. The molecule has 0 saturated heterocycles. The summed E-state index contributed by atoms with van der Waals surface area (Å²) in [5.74, 6) is -1.54. The first-order valence-electron chi connectivity index (χ1n) is 8.64. The van der Waals surface area contributed by atoms with E-state index in [9.17, 15) is 14.4 Å². The molecule has 0 aliphatic heterocycles. The van der Waals surface area contributed by atoms with Crippen LogP contribution >= 0.6 is 0 Å². The molecule has 0 radical (unpaired) electrons. The molecule has 0 aliphatic carbocycles. The average Bonchev–Trinajstić information content (AvgIpc) is 2.64. The monoisotopic (exact) mass is 368 g/mol. The van der Waals surface area contributed by atoms with Crippen molar-refractivity contribution in [3.63, 3.8) is 0 Å². The number of carbonyl (C=O) groups excluding carboxylic acids is 2. The smallest absolute Gasteiger partial charge is 0.323 e. The second-order valence-corrected chi connectivity index (χ2v) is 7.25. The van der Waals surface area contributed by atoms with Gasteiger partial charge in [0.15, 0.2) is 0 Å². The molecule has 0 bridgehead atoms. The van der Waals surface area contributed by atoms with Gasteiger partial charge < -0.3 is 10.4 Å². The Bertz CT molecular complexity index is 808. The van der Waals surface area contributed by atoms with Crippen LogP contribution in [-0.4, -0.2) is 29.4 Å². The molecule has 2 rings (SSSR count). The van der Waals surface area contributed by atoms with E-state index in [1.807, 2.05) is 20.8 Å². The number of nitrogens with zero attached hydrogens (tertiary/aromatic N) is 1. The molecular weight excluding hydrogens is 344 g/mol. The number of aliphatic carboxylic acids is 1. The highest BCUT2D eigenvalue weighted by atomic mass is 16.4. The zero-order valence-corrected chi connectivity index (χ0v) is 15.7.